The largest absolute Gasteiger partial charge is 0.353 e. The summed E-state index contributed by atoms with van der Waals surface area (Å²) >= 11 is 0. The molecule has 0 spiro atoms. The van der Waals surface area contributed by atoms with E-state index in [0.717, 1.165) is 24.1 Å². The highest BCUT2D eigenvalue weighted by atomic mass is 15.2. The van der Waals surface area contributed by atoms with Crippen LogP contribution in [0.4, 0.5) is 5.95 Å². The highest BCUT2D eigenvalue weighted by Crippen LogP contribution is 2.68. The highest BCUT2D eigenvalue weighted by molar-refractivity contribution is 5.32. The second-order valence-electron chi connectivity index (χ2n) is 7.27. The van der Waals surface area contributed by atoms with Crippen LogP contribution in [0.15, 0.2) is 6.20 Å². The Bertz CT molecular complexity index is 452. The molecular weight excluding hydrogens is 222 g/mol. The molecule has 0 bridgehead atoms. The topological polar surface area (TPSA) is 29.9 Å². The molecule has 0 aromatic carbocycles. The molecule has 1 N–H and O–H groups in total. The first-order chi connectivity index (χ1) is 8.32. The van der Waals surface area contributed by atoms with Crippen LogP contribution in [-0.4, -0.2) is 15.6 Å². The summed E-state index contributed by atoms with van der Waals surface area (Å²) in [6.07, 6.45) is 4.79. The predicted molar refractivity (Wildman–Crippen MR) is 74.7 cm³/mol. The van der Waals surface area contributed by atoms with Gasteiger partial charge in [0.1, 0.15) is 0 Å². The standard InChI is InChI=1S/C15H25N3/c1-10-8-18(13(16-10)17-11-6-7-11)9-12-14(2,3)15(12,4)5/h8,11-12H,6-7,9H2,1-5H3,(H,16,17). The molecule has 0 radical (unpaired) electrons. The van der Waals surface area contributed by atoms with Crippen LogP contribution < -0.4 is 5.32 Å². The number of anilines is 1. The fourth-order valence-corrected chi connectivity index (χ4v) is 3.20. The monoisotopic (exact) mass is 247 g/mol. The van der Waals surface area contributed by atoms with E-state index in [9.17, 15) is 0 Å². The first-order valence-electron chi connectivity index (χ1n) is 7.12. The summed E-state index contributed by atoms with van der Waals surface area (Å²) in [5.74, 6) is 1.83. The molecule has 2 saturated carbocycles. The lowest BCUT2D eigenvalue weighted by molar-refractivity contribution is 0.457. The van der Waals surface area contributed by atoms with Crippen molar-refractivity contribution in [2.24, 2.45) is 16.7 Å². The van der Waals surface area contributed by atoms with Crippen LogP contribution >= 0.6 is 0 Å². The van der Waals surface area contributed by atoms with E-state index in [1.165, 1.54) is 12.8 Å². The lowest BCUT2D eigenvalue weighted by Crippen LogP contribution is -2.11. The van der Waals surface area contributed by atoms with Crippen molar-refractivity contribution in [1.29, 1.82) is 0 Å². The molecule has 2 fully saturated rings. The van der Waals surface area contributed by atoms with E-state index >= 15 is 0 Å². The molecule has 0 saturated heterocycles. The SMILES string of the molecule is Cc1cn(CC2C(C)(C)C2(C)C)c(NC2CC2)n1. The molecule has 3 nitrogen and oxygen atoms in total. The van der Waals surface area contributed by atoms with Crippen molar-refractivity contribution in [3.8, 4) is 0 Å². The maximum absolute atomic E-state index is 4.62. The molecule has 0 amide bonds. The predicted octanol–water partition coefficient (Wildman–Crippen LogP) is 3.45. The summed E-state index contributed by atoms with van der Waals surface area (Å²) in [6.45, 7) is 12.7. The number of nitrogens with one attached hydrogen (secondary N) is 1. The van der Waals surface area contributed by atoms with Crippen LogP contribution in [0.25, 0.3) is 0 Å². The summed E-state index contributed by atoms with van der Waals surface area (Å²) in [4.78, 5) is 4.62. The fourth-order valence-electron chi connectivity index (χ4n) is 3.20. The summed E-state index contributed by atoms with van der Waals surface area (Å²) < 4.78 is 2.33. The molecule has 1 aromatic heterocycles. The molecule has 0 unspecified atom stereocenters. The Balaban J connectivity index is 1.76. The van der Waals surface area contributed by atoms with Gasteiger partial charge in [-0.05, 0) is 36.5 Å². The van der Waals surface area contributed by atoms with Gasteiger partial charge in [-0.2, -0.15) is 0 Å². The van der Waals surface area contributed by atoms with Crippen molar-refractivity contribution in [1.82, 2.24) is 9.55 Å². The Labute approximate surface area is 110 Å². The van der Waals surface area contributed by atoms with Gasteiger partial charge in [-0.3, -0.25) is 0 Å². The summed E-state index contributed by atoms with van der Waals surface area (Å²) in [5.41, 5.74) is 2.01. The Kier molecular flexibility index (Phi) is 2.36. The third-order valence-corrected chi connectivity index (χ3v) is 5.51. The Morgan fingerprint density at radius 1 is 1.28 bits per heavy atom. The van der Waals surface area contributed by atoms with Crippen molar-refractivity contribution in [2.75, 3.05) is 5.32 Å². The fraction of sp³-hybridized carbons (Fsp3) is 0.800. The van der Waals surface area contributed by atoms with Gasteiger partial charge in [-0.15, -0.1) is 0 Å². The second-order valence-corrected chi connectivity index (χ2v) is 7.27. The van der Waals surface area contributed by atoms with Crippen LogP contribution in [0.1, 0.15) is 46.2 Å². The normalized spacial score (nSPS) is 25.2. The number of aromatic nitrogens is 2. The molecule has 2 aliphatic carbocycles. The number of nitrogens with zero attached hydrogens (tertiary/aromatic N) is 2. The van der Waals surface area contributed by atoms with Gasteiger partial charge in [0.05, 0.1) is 5.69 Å². The average molecular weight is 247 g/mol. The van der Waals surface area contributed by atoms with E-state index in [-0.39, 0.29) is 0 Å². The number of imidazole rings is 1. The first kappa shape index (κ1) is 12.1. The third-order valence-electron chi connectivity index (χ3n) is 5.51. The van der Waals surface area contributed by atoms with Gasteiger partial charge in [0, 0.05) is 18.8 Å². The van der Waals surface area contributed by atoms with E-state index < -0.39 is 0 Å². The van der Waals surface area contributed by atoms with Crippen LogP contribution in [0.3, 0.4) is 0 Å². The van der Waals surface area contributed by atoms with Gasteiger partial charge in [-0.25, -0.2) is 4.98 Å². The van der Waals surface area contributed by atoms with Crippen molar-refractivity contribution in [3.05, 3.63) is 11.9 Å². The van der Waals surface area contributed by atoms with E-state index in [4.69, 9.17) is 0 Å². The lowest BCUT2D eigenvalue weighted by Gasteiger charge is -2.10. The summed E-state index contributed by atoms with van der Waals surface area (Å²) in [6, 6.07) is 0.672. The zero-order valence-electron chi connectivity index (χ0n) is 12.2. The van der Waals surface area contributed by atoms with Gasteiger partial charge in [0.15, 0.2) is 0 Å². The van der Waals surface area contributed by atoms with Crippen LogP contribution in [0, 0.1) is 23.7 Å². The maximum atomic E-state index is 4.62. The van der Waals surface area contributed by atoms with E-state index in [0.29, 0.717) is 16.9 Å². The van der Waals surface area contributed by atoms with E-state index in [1.807, 2.05) is 0 Å². The second kappa shape index (κ2) is 3.52. The molecule has 100 valence electrons. The Hall–Kier alpha value is -0.990. The maximum Gasteiger partial charge on any atom is 0.203 e. The molecule has 1 heterocycles. The summed E-state index contributed by atoms with van der Waals surface area (Å²) in [5, 5.41) is 3.54. The van der Waals surface area contributed by atoms with Gasteiger partial charge in [0.25, 0.3) is 0 Å². The van der Waals surface area contributed by atoms with Crippen molar-refractivity contribution in [2.45, 2.75) is 60.0 Å². The zero-order chi connectivity index (χ0) is 13.1. The lowest BCUT2D eigenvalue weighted by atomic mass is 10.0. The molecule has 3 heteroatoms. The molecular formula is C15H25N3. The van der Waals surface area contributed by atoms with Gasteiger partial charge in [0.2, 0.25) is 5.95 Å². The van der Waals surface area contributed by atoms with Crippen molar-refractivity contribution in [3.63, 3.8) is 0 Å². The smallest absolute Gasteiger partial charge is 0.203 e. The summed E-state index contributed by atoms with van der Waals surface area (Å²) in [7, 11) is 0. The van der Waals surface area contributed by atoms with Crippen molar-refractivity contribution < 1.29 is 0 Å². The molecule has 0 aliphatic heterocycles. The minimum absolute atomic E-state index is 0.446. The average Bonchev–Trinajstić information content (AvgIpc) is 3.07. The molecule has 1 aromatic rings. The number of rotatable bonds is 4. The quantitative estimate of drug-likeness (QED) is 0.883. The van der Waals surface area contributed by atoms with Crippen LogP contribution in [0.2, 0.25) is 0 Å². The van der Waals surface area contributed by atoms with E-state index in [1.54, 1.807) is 0 Å². The molecule has 0 atom stereocenters. The molecule has 2 aliphatic rings. The third kappa shape index (κ3) is 1.75. The number of hydrogen-bond donors (Lipinski definition) is 1. The number of hydrogen-bond acceptors (Lipinski definition) is 2. The van der Waals surface area contributed by atoms with Gasteiger partial charge >= 0.3 is 0 Å². The van der Waals surface area contributed by atoms with Crippen LogP contribution in [-0.2, 0) is 6.54 Å². The molecule has 18 heavy (non-hydrogen) atoms. The number of aryl methyl sites for hydroxylation is 1. The Morgan fingerprint density at radius 3 is 2.39 bits per heavy atom. The van der Waals surface area contributed by atoms with E-state index in [2.05, 4.69) is 55.7 Å². The van der Waals surface area contributed by atoms with Gasteiger partial charge < -0.3 is 9.88 Å². The van der Waals surface area contributed by atoms with Gasteiger partial charge in [-0.1, -0.05) is 27.7 Å². The van der Waals surface area contributed by atoms with Crippen molar-refractivity contribution >= 4 is 5.95 Å². The molecule has 3 rings (SSSR count). The minimum Gasteiger partial charge on any atom is -0.353 e. The highest BCUT2D eigenvalue weighted by Gasteiger charge is 2.64. The first-order valence-corrected chi connectivity index (χ1v) is 7.12. The zero-order valence-corrected chi connectivity index (χ0v) is 12.2. The minimum atomic E-state index is 0.446. The Morgan fingerprint density at radius 2 is 1.89 bits per heavy atom. The van der Waals surface area contributed by atoms with Crippen LogP contribution in [0.5, 0.6) is 0 Å².